The van der Waals surface area contributed by atoms with Gasteiger partial charge in [0, 0.05) is 49.6 Å². The molecule has 0 saturated carbocycles. The summed E-state index contributed by atoms with van der Waals surface area (Å²) in [5.41, 5.74) is 18.8. The third-order valence-electron chi connectivity index (χ3n) is 13.4. The van der Waals surface area contributed by atoms with Crippen LogP contribution in [0.3, 0.4) is 0 Å². The number of hydrogen-bond donors (Lipinski definition) is 0. The molecule has 0 aliphatic carbocycles. The highest BCUT2D eigenvalue weighted by atomic mass is 15.0. The van der Waals surface area contributed by atoms with Crippen LogP contribution < -0.4 is 0 Å². The minimum atomic E-state index is 0.686. The molecule has 0 saturated heterocycles. The minimum Gasteiger partial charge on any atom is -0.309 e. The van der Waals surface area contributed by atoms with E-state index in [0.29, 0.717) is 5.82 Å². The Labute approximate surface area is 394 Å². The van der Waals surface area contributed by atoms with Gasteiger partial charge >= 0.3 is 0 Å². The molecule has 0 aliphatic rings. The molecule has 3 aromatic heterocycles. The van der Waals surface area contributed by atoms with Crippen LogP contribution in [0.1, 0.15) is 0 Å². The SMILES string of the molecule is c1ccc(-c2ccc(-c3cc(-c4ccccc4)nc(-c4cccc(-c5cccc6c5c5ccccc5n6-c5ccc(-c6cccc7c6c6ccccc6n7-c6ccccc6)cc5)c4)n3)cc2)cc1. The monoisotopic (exact) mass is 866 g/mol. The number of rotatable bonds is 8. The number of nitrogens with zero attached hydrogens (tertiary/aromatic N) is 4. The fourth-order valence-electron chi connectivity index (χ4n) is 10.2. The van der Waals surface area contributed by atoms with Crippen LogP contribution in [0, 0.1) is 0 Å². The Bertz CT molecular complexity index is 3980. The molecule has 0 unspecified atom stereocenters. The first-order valence-corrected chi connectivity index (χ1v) is 23.2. The van der Waals surface area contributed by atoms with E-state index in [-0.39, 0.29) is 0 Å². The van der Waals surface area contributed by atoms with Crippen molar-refractivity contribution in [1.82, 2.24) is 19.1 Å². The summed E-state index contributed by atoms with van der Waals surface area (Å²) in [5, 5.41) is 4.92. The zero-order chi connectivity index (χ0) is 45.0. The van der Waals surface area contributed by atoms with E-state index in [1.54, 1.807) is 0 Å². The van der Waals surface area contributed by atoms with Crippen molar-refractivity contribution in [1.29, 1.82) is 0 Å². The maximum absolute atomic E-state index is 5.25. The first kappa shape index (κ1) is 39.3. The summed E-state index contributed by atoms with van der Waals surface area (Å²) in [7, 11) is 0. The Balaban J connectivity index is 0.906. The highest BCUT2D eigenvalue weighted by molar-refractivity contribution is 6.17. The van der Waals surface area contributed by atoms with Crippen LogP contribution in [0.15, 0.2) is 255 Å². The Kier molecular flexibility index (Phi) is 9.47. The molecular weight excluding hydrogens is 825 g/mol. The molecule has 0 fully saturated rings. The normalized spacial score (nSPS) is 11.5. The van der Waals surface area contributed by atoms with Gasteiger partial charge in [-0.05, 0) is 94.0 Å². The summed E-state index contributed by atoms with van der Waals surface area (Å²) >= 11 is 0. The van der Waals surface area contributed by atoms with Gasteiger partial charge in [-0.1, -0.05) is 194 Å². The van der Waals surface area contributed by atoms with E-state index in [0.717, 1.165) is 61.6 Å². The number of hydrogen-bond acceptors (Lipinski definition) is 2. The lowest BCUT2D eigenvalue weighted by molar-refractivity contribution is 1.18. The molecule has 0 bridgehead atoms. The number of benzene rings is 10. The Hall–Kier alpha value is -9.12. The van der Waals surface area contributed by atoms with Crippen molar-refractivity contribution in [2.75, 3.05) is 0 Å². The molecular formula is C64H42N4. The van der Waals surface area contributed by atoms with Gasteiger partial charge in [0.1, 0.15) is 0 Å². The first-order valence-electron chi connectivity index (χ1n) is 23.2. The van der Waals surface area contributed by atoms with E-state index < -0.39 is 0 Å². The van der Waals surface area contributed by atoms with Gasteiger partial charge in [-0.15, -0.1) is 0 Å². The second kappa shape index (κ2) is 16.4. The first-order chi connectivity index (χ1) is 33.7. The highest BCUT2D eigenvalue weighted by Gasteiger charge is 2.19. The van der Waals surface area contributed by atoms with Crippen LogP contribution >= 0.6 is 0 Å². The predicted octanol–water partition coefficient (Wildman–Crippen LogP) is 16.7. The van der Waals surface area contributed by atoms with Gasteiger partial charge in [-0.3, -0.25) is 0 Å². The molecule has 0 atom stereocenters. The van der Waals surface area contributed by atoms with Gasteiger partial charge in [-0.25, -0.2) is 9.97 Å². The third-order valence-corrected chi connectivity index (χ3v) is 13.4. The molecule has 0 N–H and O–H groups in total. The van der Waals surface area contributed by atoms with Crippen LogP contribution in [-0.4, -0.2) is 19.1 Å². The average Bonchev–Trinajstić information content (AvgIpc) is 3.95. The maximum atomic E-state index is 5.25. The van der Waals surface area contributed by atoms with Gasteiger partial charge in [-0.2, -0.15) is 0 Å². The summed E-state index contributed by atoms with van der Waals surface area (Å²) in [6.45, 7) is 0. The molecule has 4 heteroatoms. The summed E-state index contributed by atoms with van der Waals surface area (Å²) in [4.78, 5) is 10.5. The minimum absolute atomic E-state index is 0.686. The van der Waals surface area contributed by atoms with E-state index >= 15 is 0 Å². The van der Waals surface area contributed by atoms with Crippen molar-refractivity contribution >= 4 is 43.6 Å². The molecule has 13 rings (SSSR count). The van der Waals surface area contributed by atoms with Crippen LogP contribution in [0.2, 0.25) is 0 Å². The zero-order valence-electron chi connectivity index (χ0n) is 37.0. The van der Waals surface area contributed by atoms with Gasteiger partial charge in [0.25, 0.3) is 0 Å². The van der Waals surface area contributed by atoms with Crippen molar-refractivity contribution in [3.8, 4) is 78.7 Å². The lowest BCUT2D eigenvalue weighted by Gasteiger charge is -2.12. The Morgan fingerprint density at radius 2 is 0.647 bits per heavy atom. The summed E-state index contributed by atoms with van der Waals surface area (Å²) in [5.74, 6) is 0.686. The Morgan fingerprint density at radius 1 is 0.250 bits per heavy atom. The topological polar surface area (TPSA) is 35.6 Å². The number of para-hydroxylation sites is 3. The molecule has 13 aromatic rings. The molecule has 0 radical (unpaired) electrons. The average molecular weight is 867 g/mol. The van der Waals surface area contributed by atoms with Crippen molar-refractivity contribution in [2.24, 2.45) is 0 Å². The zero-order valence-corrected chi connectivity index (χ0v) is 37.0. The standard InChI is InChI=1S/C64H42N4/c1-4-17-43(18-5-1)44-33-35-47(36-34-44)57-42-56(46-19-6-2-7-20-46)65-64(66-57)49-22-14-21-48(41-49)53-28-16-32-61-63(53)55-26-11-13-30-59(55)68(61)51-39-37-45(38-40-51)52-27-15-31-60-62(52)54-25-10-12-29-58(54)67(60)50-23-8-3-9-24-50/h1-42H. The number of fused-ring (bicyclic) bond motifs is 6. The van der Waals surface area contributed by atoms with E-state index in [1.165, 1.54) is 54.8 Å². The molecule has 3 heterocycles. The third kappa shape index (κ3) is 6.69. The van der Waals surface area contributed by atoms with Crippen LogP contribution in [0.25, 0.3) is 122 Å². The van der Waals surface area contributed by atoms with Gasteiger partial charge in [0.05, 0.1) is 33.5 Å². The largest absolute Gasteiger partial charge is 0.309 e. The van der Waals surface area contributed by atoms with Gasteiger partial charge < -0.3 is 9.13 Å². The predicted molar refractivity (Wildman–Crippen MR) is 283 cm³/mol. The maximum Gasteiger partial charge on any atom is 0.160 e. The van der Waals surface area contributed by atoms with Crippen molar-refractivity contribution in [2.45, 2.75) is 0 Å². The molecule has 0 spiro atoms. The highest BCUT2D eigenvalue weighted by Crippen LogP contribution is 2.42. The quantitative estimate of drug-likeness (QED) is 0.153. The molecule has 318 valence electrons. The van der Waals surface area contributed by atoms with Gasteiger partial charge in [0.2, 0.25) is 0 Å². The van der Waals surface area contributed by atoms with E-state index in [9.17, 15) is 0 Å². The molecule has 0 aliphatic heterocycles. The smallest absolute Gasteiger partial charge is 0.160 e. The van der Waals surface area contributed by atoms with Crippen LogP contribution in [0.4, 0.5) is 0 Å². The lowest BCUT2D eigenvalue weighted by Crippen LogP contribution is -1.96. The second-order valence-corrected chi connectivity index (χ2v) is 17.3. The molecule has 4 nitrogen and oxygen atoms in total. The molecule has 0 amide bonds. The molecule has 68 heavy (non-hydrogen) atoms. The summed E-state index contributed by atoms with van der Waals surface area (Å²) in [6.07, 6.45) is 0. The Morgan fingerprint density at radius 3 is 1.25 bits per heavy atom. The van der Waals surface area contributed by atoms with Crippen molar-refractivity contribution < 1.29 is 0 Å². The van der Waals surface area contributed by atoms with Crippen LogP contribution in [-0.2, 0) is 0 Å². The van der Waals surface area contributed by atoms with Crippen molar-refractivity contribution in [3.05, 3.63) is 255 Å². The summed E-state index contributed by atoms with van der Waals surface area (Å²) < 4.78 is 4.79. The second-order valence-electron chi connectivity index (χ2n) is 17.3. The lowest BCUT2D eigenvalue weighted by atomic mass is 9.97. The molecule has 10 aromatic carbocycles. The van der Waals surface area contributed by atoms with E-state index in [4.69, 9.17) is 9.97 Å². The van der Waals surface area contributed by atoms with E-state index in [1.807, 2.05) is 12.1 Å². The van der Waals surface area contributed by atoms with E-state index in [2.05, 4.69) is 252 Å². The fraction of sp³-hybridized carbons (Fsp3) is 0. The number of aromatic nitrogens is 4. The van der Waals surface area contributed by atoms with Gasteiger partial charge in [0.15, 0.2) is 5.82 Å². The summed E-state index contributed by atoms with van der Waals surface area (Å²) in [6, 6.07) is 91.0. The van der Waals surface area contributed by atoms with Crippen molar-refractivity contribution in [3.63, 3.8) is 0 Å². The van der Waals surface area contributed by atoms with Crippen LogP contribution in [0.5, 0.6) is 0 Å². The fourth-order valence-corrected chi connectivity index (χ4v) is 10.2.